The molecule has 0 radical (unpaired) electrons. The Bertz CT molecular complexity index is 321. The Morgan fingerprint density at radius 1 is 1.33 bits per heavy atom. The van der Waals surface area contributed by atoms with Crippen molar-refractivity contribution < 1.29 is 24.2 Å². The highest BCUT2D eigenvalue weighted by Gasteiger charge is 2.44. The number of amides is 2. The number of hydrogen-bond acceptors (Lipinski definition) is 4. The first-order valence-corrected chi connectivity index (χ1v) is 6.07. The molecule has 0 bridgehead atoms. The van der Waals surface area contributed by atoms with Crippen molar-refractivity contribution in [1.29, 1.82) is 0 Å². The van der Waals surface area contributed by atoms with E-state index in [1.165, 1.54) is 0 Å². The normalized spacial score (nSPS) is 31.2. The zero-order valence-corrected chi connectivity index (χ0v) is 10.1. The highest BCUT2D eigenvalue weighted by Crippen LogP contribution is 2.18. The van der Waals surface area contributed by atoms with Crippen molar-refractivity contribution in [2.75, 3.05) is 33.0 Å². The van der Waals surface area contributed by atoms with Gasteiger partial charge in [0.05, 0.1) is 13.2 Å². The van der Waals surface area contributed by atoms with Gasteiger partial charge in [0.15, 0.2) is 5.54 Å². The second kappa shape index (κ2) is 5.53. The maximum atomic E-state index is 11.7. The van der Waals surface area contributed by atoms with E-state index >= 15 is 0 Å². The molecule has 0 aromatic rings. The Hall–Kier alpha value is -1.34. The predicted octanol–water partition coefficient (Wildman–Crippen LogP) is -0.434. The van der Waals surface area contributed by atoms with Crippen molar-refractivity contribution in [3.8, 4) is 0 Å². The van der Waals surface area contributed by atoms with Crippen LogP contribution in [-0.4, -0.2) is 55.6 Å². The van der Waals surface area contributed by atoms with Gasteiger partial charge < -0.3 is 25.2 Å². The number of carbonyl (C=O) groups excluding carboxylic acids is 1. The highest BCUT2D eigenvalue weighted by atomic mass is 16.5. The third kappa shape index (κ3) is 2.91. The molecule has 0 saturated carbocycles. The second-order valence-electron chi connectivity index (χ2n) is 4.75. The molecule has 2 amide bonds. The Balaban J connectivity index is 1.80. The van der Waals surface area contributed by atoms with Gasteiger partial charge in [0.1, 0.15) is 0 Å². The molecule has 7 nitrogen and oxygen atoms in total. The Labute approximate surface area is 105 Å². The lowest BCUT2D eigenvalue weighted by atomic mass is 9.99. The summed E-state index contributed by atoms with van der Waals surface area (Å²) >= 11 is 0. The van der Waals surface area contributed by atoms with Gasteiger partial charge in [0.2, 0.25) is 0 Å². The van der Waals surface area contributed by atoms with Gasteiger partial charge >= 0.3 is 12.0 Å². The number of aliphatic carboxylic acids is 1. The van der Waals surface area contributed by atoms with Gasteiger partial charge in [-0.1, -0.05) is 0 Å². The quantitative estimate of drug-likeness (QED) is 0.635. The fourth-order valence-corrected chi connectivity index (χ4v) is 2.13. The lowest BCUT2D eigenvalue weighted by Gasteiger charge is -2.24. The average Bonchev–Trinajstić information content (AvgIpc) is 2.97. The average molecular weight is 258 g/mol. The Kier molecular flexibility index (Phi) is 4.03. The van der Waals surface area contributed by atoms with Crippen molar-refractivity contribution in [2.24, 2.45) is 5.92 Å². The molecule has 2 aliphatic heterocycles. The number of ether oxygens (including phenoxy) is 2. The summed E-state index contributed by atoms with van der Waals surface area (Å²) in [7, 11) is 0. The number of carboxylic acid groups (broad SMARTS) is 1. The molecular formula is C11H18N2O5. The summed E-state index contributed by atoms with van der Waals surface area (Å²) in [5.74, 6) is -0.740. The summed E-state index contributed by atoms with van der Waals surface area (Å²) < 4.78 is 10.3. The van der Waals surface area contributed by atoms with Crippen LogP contribution < -0.4 is 10.6 Å². The summed E-state index contributed by atoms with van der Waals surface area (Å²) in [5, 5.41) is 14.3. The maximum Gasteiger partial charge on any atom is 0.332 e. The van der Waals surface area contributed by atoms with Crippen molar-refractivity contribution in [3.05, 3.63) is 0 Å². The summed E-state index contributed by atoms with van der Waals surface area (Å²) in [6.07, 6.45) is 1.22. The number of urea groups is 1. The summed E-state index contributed by atoms with van der Waals surface area (Å²) in [6, 6.07) is -0.463. The van der Waals surface area contributed by atoms with E-state index < -0.39 is 17.5 Å². The molecule has 7 heteroatoms. The van der Waals surface area contributed by atoms with Crippen LogP contribution in [0, 0.1) is 5.92 Å². The Morgan fingerprint density at radius 3 is 2.72 bits per heavy atom. The topological polar surface area (TPSA) is 96.9 Å². The SMILES string of the molecule is O=C(NCC1CCOC1)NC1(C(=O)O)CCOC1. The van der Waals surface area contributed by atoms with Gasteiger partial charge in [-0.3, -0.25) is 0 Å². The van der Waals surface area contributed by atoms with Crippen molar-refractivity contribution in [2.45, 2.75) is 18.4 Å². The number of carboxylic acids is 1. The lowest BCUT2D eigenvalue weighted by molar-refractivity contribution is -0.144. The monoisotopic (exact) mass is 258 g/mol. The largest absolute Gasteiger partial charge is 0.479 e. The minimum Gasteiger partial charge on any atom is -0.479 e. The van der Waals surface area contributed by atoms with Gasteiger partial charge in [-0.15, -0.1) is 0 Å². The third-order valence-electron chi connectivity index (χ3n) is 3.36. The van der Waals surface area contributed by atoms with Gasteiger partial charge in [-0.25, -0.2) is 9.59 Å². The van der Waals surface area contributed by atoms with E-state index in [1.807, 2.05) is 0 Å². The lowest BCUT2D eigenvalue weighted by Crippen LogP contribution is -2.58. The summed E-state index contributed by atoms with van der Waals surface area (Å²) in [4.78, 5) is 22.9. The van der Waals surface area contributed by atoms with E-state index in [0.29, 0.717) is 32.1 Å². The molecule has 0 spiro atoms. The van der Waals surface area contributed by atoms with Crippen LogP contribution >= 0.6 is 0 Å². The summed E-state index contributed by atoms with van der Waals surface area (Å²) in [5.41, 5.74) is -1.28. The van der Waals surface area contributed by atoms with Crippen molar-refractivity contribution >= 4 is 12.0 Å². The van der Waals surface area contributed by atoms with E-state index in [0.717, 1.165) is 13.0 Å². The highest BCUT2D eigenvalue weighted by molar-refractivity contribution is 5.86. The van der Waals surface area contributed by atoms with E-state index in [2.05, 4.69) is 10.6 Å². The first kappa shape index (κ1) is 13.1. The molecule has 3 N–H and O–H groups in total. The first-order valence-electron chi connectivity index (χ1n) is 6.07. The van der Waals surface area contributed by atoms with Gasteiger partial charge in [0.25, 0.3) is 0 Å². The van der Waals surface area contributed by atoms with E-state index in [4.69, 9.17) is 14.6 Å². The van der Waals surface area contributed by atoms with Gasteiger partial charge in [-0.05, 0) is 6.42 Å². The molecule has 2 aliphatic rings. The molecule has 0 aromatic carbocycles. The molecule has 102 valence electrons. The zero-order valence-electron chi connectivity index (χ0n) is 10.1. The van der Waals surface area contributed by atoms with E-state index in [1.54, 1.807) is 0 Å². The van der Waals surface area contributed by atoms with Crippen molar-refractivity contribution in [3.63, 3.8) is 0 Å². The molecular weight excluding hydrogens is 240 g/mol. The van der Waals surface area contributed by atoms with E-state index in [-0.39, 0.29) is 6.61 Å². The number of carbonyl (C=O) groups is 2. The van der Waals surface area contributed by atoms with Crippen LogP contribution in [0.25, 0.3) is 0 Å². The fraction of sp³-hybridized carbons (Fsp3) is 0.818. The molecule has 2 rings (SSSR count). The number of rotatable bonds is 4. The van der Waals surface area contributed by atoms with Crippen LogP contribution in [0.2, 0.25) is 0 Å². The smallest absolute Gasteiger partial charge is 0.332 e. The first-order chi connectivity index (χ1) is 8.62. The van der Waals surface area contributed by atoms with Gasteiger partial charge in [0, 0.05) is 32.1 Å². The molecule has 18 heavy (non-hydrogen) atoms. The molecule has 0 aliphatic carbocycles. The molecule has 2 fully saturated rings. The van der Waals surface area contributed by atoms with Crippen LogP contribution in [0.1, 0.15) is 12.8 Å². The fourth-order valence-electron chi connectivity index (χ4n) is 2.13. The number of nitrogens with one attached hydrogen (secondary N) is 2. The van der Waals surface area contributed by atoms with Crippen molar-refractivity contribution in [1.82, 2.24) is 10.6 Å². The van der Waals surface area contributed by atoms with E-state index in [9.17, 15) is 9.59 Å². The van der Waals surface area contributed by atoms with Crippen LogP contribution in [0.4, 0.5) is 4.79 Å². The van der Waals surface area contributed by atoms with Crippen LogP contribution in [0.15, 0.2) is 0 Å². The number of hydrogen-bond donors (Lipinski definition) is 3. The Morgan fingerprint density at radius 2 is 2.17 bits per heavy atom. The standard InChI is InChI=1S/C11H18N2O5/c14-9(15)11(2-4-18-7-11)13-10(16)12-5-8-1-3-17-6-8/h8H,1-7H2,(H,14,15)(H2,12,13,16). The molecule has 0 aromatic heterocycles. The maximum absolute atomic E-state index is 11.7. The summed E-state index contributed by atoms with van der Waals surface area (Å²) in [6.45, 7) is 2.24. The van der Waals surface area contributed by atoms with Crippen LogP contribution in [0.5, 0.6) is 0 Å². The second-order valence-corrected chi connectivity index (χ2v) is 4.75. The molecule has 2 heterocycles. The molecule has 2 saturated heterocycles. The molecule has 2 unspecified atom stereocenters. The predicted molar refractivity (Wildman–Crippen MR) is 61.3 cm³/mol. The minimum atomic E-state index is -1.28. The van der Waals surface area contributed by atoms with Crippen LogP contribution in [0.3, 0.4) is 0 Å². The van der Waals surface area contributed by atoms with Crippen LogP contribution in [-0.2, 0) is 14.3 Å². The molecule has 2 atom stereocenters. The van der Waals surface area contributed by atoms with Gasteiger partial charge in [-0.2, -0.15) is 0 Å². The zero-order chi connectivity index (χ0) is 13.0. The minimum absolute atomic E-state index is 0.0162. The third-order valence-corrected chi connectivity index (χ3v) is 3.36.